The molecule has 7 heteroatoms. The average Bonchev–Trinajstić information content (AvgIpc) is 3.44. The Morgan fingerprint density at radius 3 is 2.26 bits per heavy atom. The number of nitrogens with one attached hydrogen (secondary N) is 2. The summed E-state index contributed by atoms with van der Waals surface area (Å²) >= 11 is 6.32. The fourth-order valence-corrected chi connectivity index (χ4v) is 6.15. The van der Waals surface area contributed by atoms with E-state index in [-0.39, 0.29) is 30.3 Å². The van der Waals surface area contributed by atoms with Crippen molar-refractivity contribution in [1.29, 1.82) is 0 Å². The van der Waals surface area contributed by atoms with E-state index in [0.29, 0.717) is 29.1 Å². The lowest BCUT2D eigenvalue weighted by atomic mass is 9.76. The molecule has 6 nitrogen and oxygen atoms in total. The van der Waals surface area contributed by atoms with Crippen LogP contribution in [0.1, 0.15) is 16.7 Å². The molecule has 0 aromatic heterocycles. The second-order valence-corrected chi connectivity index (χ2v) is 9.90. The SMILES string of the molecule is O=C1[C@H]2[C@@H](C(=O)N1CCc1ccccc1)[C@]1(N[C@@H]2Cc2ccccc2)C(=O)Nc2ccc(Cl)cc21. The van der Waals surface area contributed by atoms with Crippen molar-refractivity contribution >= 4 is 35.0 Å². The van der Waals surface area contributed by atoms with Crippen LogP contribution >= 0.6 is 11.6 Å². The first-order valence-electron chi connectivity index (χ1n) is 11.8. The van der Waals surface area contributed by atoms with Gasteiger partial charge in [-0.1, -0.05) is 72.3 Å². The van der Waals surface area contributed by atoms with Crippen LogP contribution < -0.4 is 10.6 Å². The van der Waals surface area contributed by atoms with E-state index in [1.807, 2.05) is 60.7 Å². The molecule has 2 saturated heterocycles. The molecule has 3 amide bonds. The van der Waals surface area contributed by atoms with Gasteiger partial charge in [-0.3, -0.25) is 24.6 Å². The Kier molecular flexibility index (Phi) is 5.24. The first-order chi connectivity index (χ1) is 17.0. The van der Waals surface area contributed by atoms with E-state index in [4.69, 9.17) is 11.6 Å². The molecule has 0 bridgehead atoms. The third-order valence-electron chi connectivity index (χ3n) is 7.53. The third kappa shape index (κ3) is 3.39. The van der Waals surface area contributed by atoms with Gasteiger partial charge in [0.15, 0.2) is 0 Å². The maximum Gasteiger partial charge on any atom is 0.250 e. The summed E-state index contributed by atoms with van der Waals surface area (Å²) in [7, 11) is 0. The Balaban J connectivity index is 1.41. The number of benzene rings is 3. The molecule has 2 fully saturated rings. The van der Waals surface area contributed by atoms with Crippen molar-refractivity contribution in [2.45, 2.75) is 24.4 Å². The zero-order chi connectivity index (χ0) is 24.2. The summed E-state index contributed by atoms with van der Waals surface area (Å²) in [6, 6.07) is 24.4. The molecule has 4 atom stereocenters. The number of rotatable bonds is 5. The average molecular weight is 486 g/mol. The van der Waals surface area contributed by atoms with Crippen LogP contribution in [-0.4, -0.2) is 35.2 Å². The predicted octanol–water partition coefficient (Wildman–Crippen LogP) is 3.55. The molecule has 3 aromatic carbocycles. The number of amides is 3. The van der Waals surface area contributed by atoms with E-state index in [0.717, 1.165) is 11.1 Å². The van der Waals surface area contributed by atoms with E-state index >= 15 is 0 Å². The standard InChI is InChI=1S/C28H24ClN3O3/c29-19-11-12-21-20(16-19)28(27(35)30-21)24-23(22(31-28)15-18-9-5-2-6-10-18)25(33)32(26(24)34)14-13-17-7-3-1-4-8-17/h1-12,16,22-24,31H,13-15H2,(H,30,35)/t22-,23-,24+,28+/m1/s1. The Morgan fingerprint density at radius 1 is 0.857 bits per heavy atom. The van der Waals surface area contributed by atoms with E-state index in [9.17, 15) is 14.4 Å². The molecule has 0 aliphatic carbocycles. The Hall–Kier alpha value is -3.48. The van der Waals surface area contributed by atoms with Crippen LogP contribution in [0, 0.1) is 11.8 Å². The Bertz CT molecular complexity index is 1330. The highest BCUT2D eigenvalue weighted by Gasteiger charge is 2.70. The normalized spacial score (nSPS) is 26.8. The maximum absolute atomic E-state index is 13.9. The summed E-state index contributed by atoms with van der Waals surface area (Å²) in [5.41, 5.74) is 2.00. The molecule has 3 heterocycles. The molecular weight excluding hydrogens is 462 g/mol. The minimum atomic E-state index is -1.33. The number of anilines is 1. The largest absolute Gasteiger partial charge is 0.324 e. The van der Waals surface area contributed by atoms with Crippen molar-refractivity contribution in [3.05, 3.63) is 101 Å². The summed E-state index contributed by atoms with van der Waals surface area (Å²) in [6.45, 7) is 0.285. The summed E-state index contributed by atoms with van der Waals surface area (Å²) in [6.07, 6.45) is 1.09. The van der Waals surface area contributed by atoms with Gasteiger partial charge in [-0.15, -0.1) is 0 Å². The van der Waals surface area contributed by atoms with Crippen molar-refractivity contribution in [3.8, 4) is 0 Å². The number of nitrogens with zero attached hydrogens (tertiary/aromatic N) is 1. The lowest BCUT2D eigenvalue weighted by Crippen LogP contribution is -2.53. The number of imide groups is 1. The van der Waals surface area contributed by atoms with Crippen LogP contribution in [0.2, 0.25) is 5.02 Å². The van der Waals surface area contributed by atoms with Gasteiger partial charge in [0, 0.05) is 28.9 Å². The molecule has 6 rings (SSSR count). The number of fused-ring (bicyclic) bond motifs is 4. The van der Waals surface area contributed by atoms with Gasteiger partial charge < -0.3 is 5.32 Å². The van der Waals surface area contributed by atoms with Gasteiger partial charge >= 0.3 is 0 Å². The molecule has 1 spiro atoms. The lowest BCUT2D eigenvalue weighted by Gasteiger charge is -2.29. The first kappa shape index (κ1) is 22.0. The summed E-state index contributed by atoms with van der Waals surface area (Å²) in [5.74, 6) is -2.31. The second kappa shape index (κ2) is 8.33. The summed E-state index contributed by atoms with van der Waals surface area (Å²) < 4.78 is 0. The highest BCUT2D eigenvalue weighted by molar-refractivity contribution is 6.31. The van der Waals surface area contributed by atoms with Crippen molar-refractivity contribution in [2.75, 3.05) is 11.9 Å². The van der Waals surface area contributed by atoms with Crippen molar-refractivity contribution in [1.82, 2.24) is 10.2 Å². The number of carbonyl (C=O) groups is 3. The third-order valence-corrected chi connectivity index (χ3v) is 7.77. The number of carbonyl (C=O) groups excluding carboxylic acids is 3. The molecule has 0 radical (unpaired) electrons. The first-order valence-corrected chi connectivity index (χ1v) is 12.2. The van der Waals surface area contributed by atoms with E-state index in [1.54, 1.807) is 18.2 Å². The van der Waals surface area contributed by atoms with Gasteiger partial charge in [-0.25, -0.2) is 0 Å². The molecular formula is C28H24ClN3O3. The topological polar surface area (TPSA) is 78.5 Å². The molecule has 3 aliphatic rings. The van der Waals surface area contributed by atoms with Gasteiger partial charge in [0.05, 0.1) is 11.8 Å². The number of halogens is 1. The van der Waals surface area contributed by atoms with E-state index < -0.39 is 17.4 Å². The van der Waals surface area contributed by atoms with Gasteiger partial charge in [0.25, 0.3) is 0 Å². The number of likely N-dealkylation sites (tertiary alicyclic amines) is 1. The summed E-state index contributed by atoms with van der Waals surface area (Å²) in [4.78, 5) is 42.5. The molecule has 0 unspecified atom stereocenters. The monoisotopic (exact) mass is 485 g/mol. The van der Waals surface area contributed by atoms with Crippen LogP contribution in [0.4, 0.5) is 5.69 Å². The van der Waals surface area contributed by atoms with Crippen LogP contribution in [0.25, 0.3) is 0 Å². The smallest absolute Gasteiger partial charge is 0.250 e. The zero-order valence-corrected chi connectivity index (χ0v) is 19.7. The Labute approximate surface area is 208 Å². The minimum absolute atomic E-state index is 0.218. The van der Waals surface area contributed by atoms with Crippen molar-refractivity contribution < 1.29 is 14.4 Å². The highest BCUT2D eigenvalue weighted by atomic mass is 35.5. The predicted molar refractivity (Wildman–Crippen MR) is 133 cm³/mol. The zero-order valence-electron chi connectivity index (χ0n) is 18.9. The number of hydrogen-bond acceptors (Lipinski definition) is 4. The van der Waals surface area contributed by atoms with Crippen molar-refractivity contribution in [3.63, 3.8) is 0 Å². The molecule has 3 aliphatic heterocycles. The van der Waals surface area contributed by atoms with E-state index in [2.05, 4.69) is 10.6 Å². The van der Waals surface area contributed by atoms with Gasteiger partial charge in [-0.2, -0.15) is 0 Å². The fourth-order valence-electron chi connectivity index (χ4n) is 5.98. The van der Waals surface area contributed by atoms with Crippen LogP contribution in [-0.2, 0) is 32.8 Å². The maximum atomic E-state index is 13.9. The molecule has 3 aromatic rings. The highest BCUT2D eigenvalue weighted by Crippen LogP contribution is 2.53. The van der Waals surface area contributed by atoms with Crippen LogP contribution in [0.5, 0.6) is 0 Å². The van der Waals surface area contributed by atoms with Gasteiger partial charge in [0.2, 0.25) is 17.7 Å². The molecule has 176 valence electrons. The van der Waals surface area contributed by atoms with Crippen molar-refractivity contribution in [2.24, 2.45) is 11.8 Å². The van der Waals surface area contributed by atoms with Crippen LogP contribution in [0.3, 0.4) is 0 Å². The van der Waals surface area contributed by atoms with Gasteiger partial charge in [-0.05, 0) is 42.2 Å². The quantitative estimate of drug-likeness (QED) is 0.542. The van der Waals surface area contributed by atoms with E-state index in [1.165, 1.54) is 4.90 Å². The number of hydrogen-bond donors (Lipinski definition) is 2. The van der Waals surface area contributed by atoms with Crippen LogP contribution in [0.15, 0.2) is 78.9 Å². The molecule has 0 saturated carbocycles. The second-order valence-electron chi connectivity index (χ2n) is 9.46. The van der Waals surface area contributed by atoms with Gasteiger partial charge in [0.1, 0.15) is 5.54 Å². The lowest BCUT2D eigenvalue weighted by molar-refractivity contribution is -0.142. The molecule has 35 heavy (non-hydrogen) atoms. The fraction of sp³-hybridized carbons (Fsp3) is 0.250. The summed E-state index contributed by atoms with van der Waals surface area (Å²) in [5, 5.41) is 6.86. The molecule has 2 N–H and O–H groups in total. The Morgan fingerprint density at radius 2 is 1.54 bits per heavy atom. The minimum Gasteiger partial charge on any atom is -0.324 e.